The molecule has 0 saturated carbocycles. The maximum absolute atomic E-state index is 13.2. The second-order valence-corrected chi connectivity index (χ2v) is 8.01. The molecular formula is C24H28N2O7. The number of ether oxygens (including phenoxy) is 3. The number of carbonyl (C=O) groups is 4. The monoisotopic (exact) mass is 456 g/mol. The molecule has 0 fully saturated rings. The lowest BCUT2D eigenvalue weighted by Gasteiger charge is -2.35. The van der Waals surface area contributed by atoms with Gasteiger partial charge in [-0.3, -0.25) is 9.59 Å². The lowest BCUT2D eigenvalue weighted by Crippen LogP contribution is -2.45. The molecule has 2 aliphatic heterocycles. The number of esters is 3. The molecule has 33 heavy (non-hydrogen) atoms. The van der Waals surface area contributed by atoms with Crippen molar-refractivity contribution in [1.29, 1.82) is 0 Å². The van der Waals surface area contributed by atoms with Gasteiger partial charge in [-0.2, -0.15) is 0 Å². The molecule has 1 aromatic rings. The molecule has 1 amide bonds. The summed E-state index contributed by atoms with van der Waals surface area (Å²) < 4.78 is 15.0. The van der Waals surface area contributed by atoms with Crippen LogP contribution in [0.3, 0.4) is 0 Å². The van der Waals surface area contributed by atoms with E-state index in [-0.39, 0.29) is 17.2 Å². The molecular weight excluding hydrogens is 428 g/mol. The molecule has 3 rings (SSSR count). The van der Waals surface area contributed by atoms with Crippen molar-refractivity contribution >= 4 is 29.5 Å². The number of rotatable bonds is 5. The van der Waals surface area contributed by atoms with Crippen LogP contribution in [0.15, 0.2) is 46.8 Å². The third-order valence-corrected chi connectivity index (χ3v) is 5.94. The van der Waals surface area contributed by atoms with Crippen LogP contribution in [0.4, 0.5) is 5.69 Å². The number of hydrogen-bond donors (Lipinski definition) is 1. The predicted molar refractivity (Wildman–Crippen MR) is 119 cm³/mol. The van der Waals surface area contributed by atoms with Gasteiger partial charge in [-0.1, -0.05) is 18.2 Å². The van der Waals surface area contributed by atoms with E-state index < -0.39 is 36.3 Å². The summed E-state index contributed by atoms with van der Waals surface area (Å²) in [4.78, 5) is 52.7. The van der Waals surface area contributed by atoms with Crippen LogP contribution in [-0.4, -0.2) is 50.7 Å². The number of anilines is 1. The lowest BCUT2D eigenvalue weighted by molar-refractivity contribution is -0.153. The summed E-state index contributed by atoms with van der Waals surface area (Å²) in [6.07, 6.45) is 1.64. The average molecular weight is 456 g/mol. The summed E-state index contributed by atoms with van der Waals surface area (Å²) in [5.74, 6) is -4.27. The first kappa shape index (κ1) is 24.0. The number of fused-ring (bicyclic) bond motifs is 1. The van der Waals surface area contributed by atoms with Crippen molar-refractivity contribution in [3.05, 3.63) is 52.4 Å². The largest absolute Gasteiger partial charge is 0.466 e. The van der Waals surface area contributed by atoms with Gasteiger partial charge < -0.3 is 24.4 Å². The van der Waals surface area contributed by atoms with Gasteiger partial charge in [-0.25, -0.2) is 9.59 Å². The highest BCUT2D eigenvalue weighted by Crippen LogP contribution is 2.33. The Morgan fingerprint density at radius 1 is 1.00 bits per heavy atom. The molecule has 0 aliphatic carbocycles. The zero-order chi connectivity index (χ0) is 24.3. The molecule has 176 valence electrons. The summed E-state index contributed by atoms with van der Waals surface area (Å²) in [5.41, 5.74) is 2.39. The van der Waals surface area contributed by atoms with Crippen LogP contribution in [0.1, 0.15) is 32.8 Å². The minimum atomic E-state index is -1.38. The van der Waals surface area contributed by atoms with Crippen molar-refractivity contribution < 1.29 is 33.4 Å². The van der Waals surface area contributed by atoms with Crippen LogP contribution < -0.4 is 10.2 Å². The molecule has 0 saturated heterocycles. The van der Waals surface area contributed by atoms with Gasteiger partial charge in [0, 0.05) is 23.1 Å². The zero-order valence-corrected chi connectivity index (χ0v) is 19.4. The summed E-state index contributed by atoms with van der Waals surface area (Å²) in [6.45, 7) is 4.57. The van der Waals surface area contributed by atoms with Crippen LogP contribution in [0.5, 0.6) is 0 Å². The first-order valence-corrected chi connectivity index (χ1v) is 10.6. The zero-order valence-electron chi connectivity index (χ0n) is 19.4. The number of nitrogens with one attached hydrogen (secondary N) is 1. The SMILES string of the molecule is COC(=O)C1=C(C)NC(C)=C(C(=O)OC)C1C(=O)OCC(=O)N1c2ccccc2CCC1C. The second kappa shape index (κ2) is 9.89. The van der Waals surface area contributed by atoms with Gasteiger partial charge in [0.05, 0.1) is 25.4 Å². The van der Waals surface area contributed by atoms with Crippen LogP contribution >= 0.6 is 0 Å². The first-order valence-electron chi connectivity index (χ1n) is 10.6. The minimum absolute atomic E-state index is 0.0643. The van der Waals surface area contributed by atoms with Gasteiger partial charge in [0.1, 0.15) is 5.92 Å². The smallest absolute Gasteiger partial charge is 0.336 e. The number of methoxy groups -OCH3 is 2. The number of dihydropyridines is 1. The standard InChI is InChI=1S/C24H28N2O7/c1-13-10-11-16-8-6-7-9-17(16)26(13)18(27)12-33-24(30)21-19(22(28)31-4)14(2)25-15(3)20(21)23(29)32-5/h6-9,13,21,25H,10-12H2,1-5H3. The topological polar surface area (TPSA) is 111 Å². The molecule has 0 radical (unpaired) electrons. The maximum atomic E-state index is 13.2. The Bertz CT molecular complexity index is 1020. The fourth-order valence-corrected chi connectivity index (χ4v) is 4.34. The summed E-state index contributed by atoms with van der Waals surface area (Å²) in [5, 5.41) is 2.90. The maximum Gasteiger partial charge on any atom is 0.336 e. The average Bonchev–Trinajstić information content (AvgIpc) is 2.80. The quantitative estimate of drug-likeness (QED) is 0.529. The molecule has 2 aliphatic rings. The number of para-hydroxylation sites is 1. The highest BCUT2D eigenvalue weighted by Gasteiger charge is 2.42. The highest BCUT2D eigenvalue weighted by molar-refractivity contribution is 6.06. The molecule has 9 nitrogen and oxygen atoms in total. The molecule has 0 spiro atoms. The van der Waals surface area contributed by atoms with Crippen molar-refractivity contribution in [2.75, 3.05) is 25.7 Å². The van der Waals surface area contributed by atoms with Crippen molar-refractivity contribution in [1.82, 2.24) is 5.32 Å². The third-order valence-electron chi connectivity index (χ3n) is 5.94. The number of benzene rings is 1. The summed E-state index contributed by atoms with van der Waals surface area (Å²) >= 11 is 0. The molecule has 0 bridgehead atoms. The van der Waals surface area contributed by atoms with Crippen molar-refractivity contribution in [3.8, 4) is 0 Å². The van der Waals surface area contributed by atoms with Crippen molar-refractivity contribution in [2.45, 2.75) is 39.7 Å². The van der Waals surface area contributed by atoms with E-state index in [2.05, 4.69) is 5.32 Å². The minimum Gasteiger partial charge on any atom is -0.466 e. The Morgan fingerprint density at radius 2 is 1.58 bits per heavy atom. The molecule has 1 unspecified atom stereocenters. The van der Waals surface area contributed by atoms with E-state index in [0.717, 1.165) is 24.1 Å². The molecule has 1 aromatic carbocycles. The Morgan fingerprint density at radius 3 is 2.15 bits per heavy atom. The molecule has 2 heterocycles. The summed E-state index contributed by atoms with van der Waals surface area (Å²) in [6, 6.07) is 7.53. The van der Waals surface area contributed by atoms with Gasteiger partial charge in [0.2, 0.25) is 0 Å². The van der Waals surface area contributed by atoms with E-state index in [1.165, 1.54) is 14.2 Å². The van der Waals surface area contributed by atoms with Crippen LogP contribution in [-0.2, 0) is 39.8 Å². The molecule has 9 heteroatoms. The fraction of sp³-hybridized carbons (Fsp3) is 0.417. The Labute approximate surface area is 192 Å². The highest BCUT2D eigenvalue weighted by atomic mass is 16.5. The Balaban J connectivity index is 1.86. The van der Waals surface area contributed by atoms with Crippen molar-refractivity contribution in [2.24, 2.45) is 5.92 Å². The number of allylic oxidation sites excluding steroid dienone is 2. The number of hydrogen-bond acceptors (Lipinski definition) is 8. The number of nitrogens with zero attached hydrogens (tertiary/aromatic N) is 1. The normalized spacial score (nSPS) is 18.3. The van der Waals surface area contributed by atoms with E-state index in [9.17, 15) is 19.2 Å². The van der Waals surface area contributed by atoms with Gasteiger partial charge in [0.15, 0.2) is 6.61 Å². The molecule has 1 N–H and O–H groups in total. The Hall–Kier alpha value is -3.62. The molecule has 0 aromatic heterocycles. The van der Waals surface area contributed by atoms with Crippen LogP contribution in [0.25, 0.3) is 0 Å². The Kier molecular flexibility index (Phi) is 7.20. The summed E-state index contributed by atoms with van der Waals surface area (Å²) in [7, 11) is 2.35. The predicted octanol–water partition coefficient (Wildman–Crippen LogP) is 2.01. The van der Waals surface area contributed by atoms with E-state index in [1.807, 2.05) is 31.2 Å². The van der Waals surface area contributed by atoms with Crippen molar-refractivity contribution in [3.63, 3.8) is 0 Å². The van der Waals surface area contributed by atoms with Crippen LogP contribution in [0, 0.1) is 5.92 Å². The van der Waals surface area contributed by atoms with Gasteiger partial charge in [-0.05, 0) is 45.2 Å². The number of aryl methyl sites for hydroxylation is 1. The lowest BCUT2D eigenvalue weighted by atomic mass is 9.85. The van der Waals surface area contributed by atoms with Crippen LogP contribution in [0.2, 0.25) is 0 Å². The molecule has 1 atom stereocenters. The number of carbonyl (C=O) groups excluding carboxylic acids is 4. The van der Waals surface area contributed by atoms with E-state index in [0.29, 0.717) is 11.4 Å². The third kappa shape index (κ3) is 4.62. The first-order chi connectivity index (χ1) is 15.7. The van der Waals surface area contributed by atoms with E-state index in [4.69, 9.17) is 14.2 Å². The van der Waals surface area contributed by atoms with E-state index in [1.54, 1.807) is 18.7 Å². The van der Waals surface area contributed by atoms with Gasteiger partial charge >= 0.3 is 17.9 Å². The fourth-order valence-electron chi connectivity index (χ4n) is 4.34. The van der Waals surface area contributed by atoms with Gasteiger partial charge in [-0.15, -0.1) is 0 Å². The van der Waals surface area contributed by atoms with Gasteiger partial charge in [0.25, 0.3) is 5.91 Å². The number of amides is 1. The van der Waals surface area contributed by atoms with E-state index >= 15 is 0 Å². The second-order valence-electron chi connectivity index (χ2n) is 8.01.